The predicted molar refractivity (Wildman–Crippen MR) is 195 cm³/mol. The molecule has 4 heterocycles. The number of benzene rings is 1. The van der Waals surface area contributed by atoms with Crippen LogP contribution in [-0.2, 0) is 16.2 Å². The van der Waals surface area contributed by atoms with Crippen LogP contribution in [0.5, 0.6) is 5.75 Å². The summed E-state index contributed by atoms with van der Waals surface area (Å²) in [6.45, 7) is 22.6. The Labute approximate surface area is 287 Å². The highest BCUT2D eigenvalue weighted by Gasteiger charge is 2.40. The lowest BCUT2D eigenvalue weighted by molar-refractivity contribution is 0.0130. The number of ether oxygens (including phenoxy) is 3. The zero-order valence-corrected chi connectivity index (χ0v) is 31.3. The van der Waals surface area contributed by atoms with Gasteiger partial charge in [-0.15, -0.1) is 0 Å². The van der Waals surface area contributed by atoms with E-state index in [-0.39, 0.29) is 11.7 Å². The van der Waals surface area contributed by atoms with Gasteiger partial charge in [-0.3, -0.25) is 9.88 Å². The molecule has 0 unspecified atom stereocenters. The zero-order valence-electron chi connectivity index (χ0n) is 30.3. The highest BCUT2D eigenvalue weighted by Crippen LogP contribution is 2.41. The quantitative estimate of drug-likeness (QED) is 0.157. The van der Waals surface area contributed by atoms with Crippen molar-refractivity contribution < 1.29 is 19.0 Å². The fourth-order valence-electron chi connectivity index (χ4n) is 6.53. The number of hydrogen-bond acceptors (Lipinski definition) is 8. The first-order chi connectivity index (χ1) is 22.7. The minimum Gasteiger partial charge on any atom is -0.488 e. The standard InChI is InChI=1S/C37H56N6O4Si/c1-36(2,3)47-35(44)42-20-18-40(19-21-42)26-28-11-16-41(17-12-28)29-10-15-38-32(24-29)34-31-25-30(46-37(4)13-14-37)8-9-33(31)43(39-34)27-45-22-23-48(5,6)7/h8-10,15,24-25,28H,11-14,16-23,26-27H2,1-7H3. The summed E-state index contributed by atoms with van der Waals surface area (Å²) in [6, 6.07) is 11.8. The van der Waals surface area contributed by atoms with Crippen LogP contribution in [0, 0.1) is 5.92 Å². The van der Waals surface area contributed by atoms with Gasteiger partial charge in [0.1, 0.15) is 29.4 Å². The molecule has 1 aliphatic carbocycles. The molecule has 3 fully saturated rings. The number of hydrogen-bond donors (Lipinski definition) is 0. The number of carbonyl (C=O) groups excluding carboxylic acids is 1. The van der Waals surface area contributed by atoms with Gasteiger partial charge >= 0.3 is 6.09 Å². The molecule has 0 spiro atoms. The van der Waals surface area contributed by atoms with Crippen LogP contribution in [0.4, 0.5) is 10.5 Å². The lowest BCUT2D eigenvalue weighted by Gasteiger charge is -2.39. The normalized spacial score (nSPS) is 19.1. The van der Waals surface area contributed by atoms with E-state index in [1.165, 1.54) is 5.69 Å². The Morgan fingerprint density at radius 1 is 1.00 bits per heavy atom. The maximum absolute atomic E-state index is 12.5. The maximum Gasteiger partial charge on any atom is 0.410 e. The second-order valence-corrected chi connectivity index (χ2v) is 22.1. The van der Waals surface area contributed by atoms with Crippen molar-refractivity contribution in [2.45, 2.75) is 97.0 Å². The van der Waals surface area contributed by atoms with Crippen LogP contribution in [0.1, 0.15) is 53.4 Å². The van der Waals surface area contributed by atoms with Crippen LogP contribution in [-0.4, -0.2) is 102 Å². The van der Waals surface area contributed by atoms with Gasteiger partial charge < -0.3 is 24.0 Å². The Hall–Kier alpha value is -3.15. The third-order valence-electron chi connectivity index (χ3n) is 9.76. The Morgan fingerprint density at radius 3 is 2.40 bits per heavy atom. The van der Waals surface area contributed by atoms with E-state index >= 15 is 0 Å². The lowest BCUT2D eigenvalue weighted by atomic mass is 9.95. The number of aromatic nitrogens is 3. The number of nitrogens with zero attached hydrogens (tertiary/aromatic N) is 6. The maximum atomic E-state index is 12.5. The largest absolute Gasteiger partial charge is 0.488 e. The monoisotopic (exact) mass is 676 g/mol. The molecule has 11 heteroatoms. The summed E-state index contributed by atoms with van der Waals surface area (Å²) in [5.74, 6) is 1.54. The first-order valence-corrected chi connectivity index (χ1v) is 21.6. The van der Waals surface area contributed by atoms with Gasteiger partial charge in [0.15, 0.2) is 0 Å². The van der Waals surface area contributed by atoms with Crippen LogP contribution in [0.25, 0.3) is 22.3 Å². The van der Waals surface area contributed by atoms with Crippen molar-refractivity contribution >= 4 is 30.8 Å². The average Bonchev–Trinajstić information content (AvgIpc) is 3.65. The number of carbonyl (C=O) groups is 1. The summed E-state index contributed by atoms with van der Waals surface area (Å²) in [5.41, 5.74) is 3.46. The Bertz CT molecular complexity index is 1560. The fourth-order valence-corrected chi connectivity index (χ4v) is 7.28. The third kappa shape index (κ3) is 9.09. The molecule has 3 aromatic rings. The fraction of sp³-hybridized carbons (Fsp3) is 0.649. The SMILES string of the molecule is CC(C)(C)OC(=O)N1CCN(CC2CCN(c3ccnc(-c4nn(COCC[Si](C)(C)C)c5ccc(OC6(C)CC6)cc45)c3)CC2)CC1. The molecule has 0 atom stereocenters. The number of amides is 1. The first kappa shape index (κ1) is 34.7. The minimum absolute atomic E-state index is 0.0531. The van der Waals surface area contributed by atoms with Gasteiger partial charge in [-0.1, -0.05) is 19.6 Å². The third-order valence-corrected chi connectivity index (χ3v) is 11.5. The molecule has 10 nitrogen and oxygen atoms in total. The number of piperidine rings is 1. The van der Waals surface area contributed by atoms with Crippen LogP contribution >= 0.6 is 0 Å². The molecule has 1 amide bonds. The van der Waals surface area contributed by atoms with Crippen molar-refractivity contribution in [1.82, 2.24) is 24.6 Å². The molecule has 1 saturated carbocycles. The van der Waals surface area contributed by atoms with E-state index in [1.54, 1.807) is 0 Å². The van der Waals surface area contributed by atoms with E-state index in [9.17, 15) is 4.79 Å². The Kier molecular flexibility index (Phi) is 10.1. The number of anilines is 1. The van der Waals surface area contributed by atoms with Gasteiger partial charge in [0.2, 0.25) is 0 Å². The number of rotatable bonds is 11. The summed E-state index contributed by atoms with van der Waals surface area (Å²) in [6.07, 6.45) is 6.20. The van der Waals surface area contributed by atoms with Crippen molar-refractivity contribution in [3.63, 3.8) is 0 Å². The Morgan fingerprint density at radius 2 is 1.73 bits per heavy atom. The molecule has 6 rings (SSSR count). The van der Waals surface area contributed by atoms with Crippen molar-refractivity contribution in [1.29, 1.82) is 0 Å². The smallest absolute Gasteiger partial charge is 0.410 e. The second-order valence-electron chi connectivity index (χ2n) is 16.5. The molecule has 0 radical (unpaired) electrons. The molecule has 2 aliphatic heterocycles. The molecule has 262 valence electrons. The van der Waals surface area contributed by atoms with Crippen molar-refractivity contribution in [3.05, 3.63) is 36.5 Å². The van der Waals surface area contributed by atoms with Gasteiger partial charge in [-0.25, -0.2) is 9.48 Å². The van der Waals surface area contributed by atoms with Crippen molar-refractivity contribution in [2.75, 3.05) is 57.3 Å². The zero-order chi connectivity index (χ0) is 34.1. The van der Waals surface area contributed by atoms with Gasteiger partial charge in [0.25, 0.3) is 0 Å². The molecule has 0 bridgehead atoms. The summed E-state index contributed by atoms with van der Waals surface area (Å²) in [5, 5.41) is 6.11. The van der Waals surface area contributed by atoms with Crippen LogP contribution in [0.3, 0.4) is 0 Å². The van der Waals surface area contributed by atoms with Gasteiger partial charge in [0, 0.05) is 77.8 Å². The average molecular weight is 677 g/mol. The topological polar surface area (TPSA) is 85.2 Å². The molecule has 0 N–H and O–H groups in total. The number of pyridine rings is 1. The van der Waals surface area contributed by atoms with E-state index < -0.39 is 13.7 Å². The molecular weight excluding hydrogens is 621 g/mol. The number of piperazine rings is 1. The van der Waals surface area contributed by atoms with Crippen LogP contribution in [0.2, 0.25) is 25.7 Å². The van der Waals surface area contributed by atoms with E-state index in [1.807, 2.05) is 36.5 Å². The van der Waals surface area contributed by atoms with Crippen LogP contribution in [0.15, 0.2) is 36.5 Å². The van der Waals surface area contributed by atoms with Crippen molar-refractivity contribution in [3.8, 4) is 17.1 Å². The van der Waals surface area contributed by atoms with Gasteiger partial charge in [0.05, 0.1) is 11.2 Å². The molecule has 1 aromatic carbocycles. The van der Waals surface area contributed by atoms with E-state index in [0.29, 0.717) is 12.6 Å². The van der Waals surface area contributed by atoms with E-state index in [0.717, 1.165) is 112 Å². The molecule has 2 saturated heterocycles. The van der Waals surface area contributed by atoms with Crippen LogP contribution < -0.4 is 9.64 Å². The molecular formula is C37H56N6O4Si. The summed E-state index contributed by atoms with van der Waals surface area (Å²) in [7, 11) is -1.18. The van der Waals surface area contributed by atoms with Crippen molar-refractivity contribution in [2.24, 2.45) is 5.92 Å². The summed E-state index contributed by atoms with van der Waals surface area (Å²) < 4.78 is 20.0. The molecule has 2 aromatic heterocycles. The van der Waals surface area contributed by atoms with E-state index in [2.05, 4.69) is 66.7 Å². The minimum atomic E-state index is -1.18. The highest BCUT2D eigenvalue weighted by atomic mass is 28.3. The Balaban J connectivity index is 1.10. The van der Waals surface area contributed by atoms with E-state index in [4.69, 9.17) is 24.3 Å². The van der Waals surface area contributed by atoms with Gasteiger partial charge in [-0.05, 0) is 95.7 Å². The molecule has 3 aliphatic rings. The summed E-state index contributed by atoms with van der Waals surface area (Å²) in [4.78, 5) is 24.1. The molecule has 48 heavy (non-hydrogen) atoms. The second kappa shape index (κ2) is 14.0. The lowest BCUT2D eigenvalue weighted by Crippen LogP contribution is -2.51. The van der Waals surface area contributed by atoms with Gasteiger partial charge in [-0.2, -0.15) is 5.10 Å². The first-order valence-electron chi connectivity index (χ1n) is 17.9. The highest BCUT2D eigenvalue weighted by molar-refractivity contribution is 6.76. The number of fused-ring (bicyclic) bond motifs is 1. The predicted octanol–water partition coefficient (Wildman–Crippen LogP) is 7.11. The summed E-state index contributed by atoms with van der Waals surface area (Å²) >= 11 is 0.